The molecule has 2 rings (SSSR count). The highest BCUT2D eigenvalue weighted by Gasteiger charge is 2.23. The predicted octanol–water partition coefficient (Wildman–Crippen LogP) is 0.974. The molecule has 1 N–H and O–H groups in total. The lowest BCUT2D eigenvalue weighted by atomic mass is 10.2. The van der Waals surface area contributed by atoms with E-state index in [1.165, 1.54) is 4.31 Å². The zero-order valence-electron chi connectivity index (χ0n) is 14.7. The second-order valence-corrected chi connectivity index (χ2v) is 7.86. The summed E-state index contributed by atoms with van der Waals surface area (Å²) in [5, 5.41) is 3.12. The van der Waals surface area contributed by atoms with E-state index in [4.69, 9.17) is 4.74 Å². The van der Waals surface area contributed by atoms with Crippen molar-refractivity contribution in [3.05, 3.63) is 35.9 Å². The molecule has 0 spiro atoms. The number of ether oxygens (including phenoxy) is 1. The average molecular weight is 482 g/mol. The van der Waals surface area contributed by atoms with Crippen LogP contribution in [0.5, 0.6) is 0 Å². The number of benzene rings is 1. The largest absolute Gasteiger partial charge is 0.379 e. The topological polar surface area (TPSA) is 74.2 Å². The minimum absolute atomic E-state index is 0. The standard InChI is InChI=1S/C16H26N4O3S.HI/c1-19(2)16(18-14-15-6-4-3-5-7-15)17-8-13-24(21,22)20-9-11-23-12-10-20;/h3-7H,8-14H2,1-2H3,(H,17,18);1H. The Morgan fingerprint density at radius 2 is 1.88 bits per heavy atom. The summed E-state index contributed by atoms with van der Waals surface area (Å²) in [7, 11) is 0.510. The van der Waals surface area contributed by atoms with E-state index in [1.54, 1.807) is 0 Å². The van der Waals surface area contributed by atoms with Crippen molar-refractivity contribution in [1.29, 1.82) is 0 Å². The van der Waals surface area contributed by atoms with Crippen molar-refractivity contribution in [3.63, 3.8) is 0 Å². The van der Waals surface area contributed by atoms with Crippen LogP contribution in [0.2, 0.25) is 0 Å². The normalized spacial score (nSPS) is 16.2. The Labute approximate surface area is 167 Å². The van der Waals surface area contributed by atoms with Gasteiger partial charge in [0, 0.05) is 33.7 Å². The van der Waals surface area contributed by atoms with Crippen LogP contribution in [-0.2, 0) is 21.3 Å². The molecule has 25 heavy (non-hydrogen) atoms. The van der Waals surface area contributed by atoms with Gasteiger partial charge in [0.1, 0.15) is 0 Å². The highest BCUT2D eigenvalue weighted by Crippen LogP contribution is 2.05. The third kappa shape index (κ3) is 7.47. The van der Waals surface area contributed by atoms with Crippen LogP contribution < -0.4 is 5.32 Å². The summed E-state index contributed by atoms with van der Waals surface area (Å²) >= 11 is 0. The van der Waals surface area contributed by atoms with Crippen molar-refractivity contribution >= 4 is 40.0 Å². The Bertz CT molecular complexity index is 632. The zero-order chi connectivity index (χ0) is 17.4. The van der Waals surface area contributed by atoms with Gasteiger partial charge in [-0.25, -0.2) is 13.4 Å². The Hall–Kier alpha value is -0.910. The molecule has 0 amide bonds. The van der Waals surface area contributed by atoms with Crippen molar-refractivity contribution in [3.8, 4) is 0 Å². The van der Waals surface area contributed by atoms with Gasteiger partial charge in [0.15, 0.2) is 5.96 Å². The lowest BCUT2D eigenvalue weighted by Crippen LogP contribution is -2.45. The molecule has 1 heterocycles. The summed E-state index contributed by atoms with van der Waals surface area (Å²) in [4.78, 5) is 6.38. The van der Waals surface area contributed by atoms with Crippen LogP contribution in [0.4, 0.5) is 0 Å². The molecule has 0 aromatic heterocycles. The number of nitrogens with zero attached hydrogens (tertiary/aromatic N) is 3. The molecule has 9 heteroatoms. The molecule has 1 aromatic rings. The molecule has 142 valence electrons. The number of aliphatic imine (C=N–C) groups is 1. The van der Waals surface area contributed by atoms with Crippen LogP contribution in [0.15, 0.2) is 35.3 Å². The van der Waals surface area contributed by atoms with Gasteiger partial charge >= 0.3 is 0 Å². The maximum absolute atomic E-state index is 12.3. The molecule has 0 bridgehead atoms. The van der Waals surface area contributed by atoms with Crippen LogP contribution >= 0.6 is 24.0 Å². The minimum atomic E-state index is -3.25. The third-order valence-electron chi connectivity index (χ3n) is 3.68. The number of sulfonamides is 1. The average Bonchev–Trinajstić information content (AvgIpc) is 2.59. The van der Waals surface area contributed by atoms with Gasteiger partial charge in [0.05, 0.1) is 25.5 Å². The molecule has 0 aliphatic carbocycles. The molecule has 1 fully saturated rings. The molecule has 0 atom stereocenters. The Balaban J connectivity index is 0.00000312. The van der Waals surface area contributed by atoms with E-state index in [9.17, 15) is 8.42 Å². The van der Waals surface area contributed by atoms with Gasteiger partial charge in [-0.2, -0.15) is 4.31 Å². The van der Waals surface area contributed by atoms with Gasteiger partial charge in [-0.15, -0.1) is 24.0 Å². The fraction of sp³-hybridized carbons (Fsp3) is 0.562. The van der Waals surface area contributed by atoms with Gasteiger partial charge in [-0.1, -0.05) is 30.3 Å². The van der Waals surface area contributed by atoms with Gasteiger partial charge in [-0.05, 0) is 5.56 Å². The van der Waals surface area contributed by atoms with Gasteiger partial charge in [0.2, 0.25) is 10.0 Å². The van der Waals surface area contributed by atoms with Crippen molar-refractivity contribution in [2.75, 3.05) is 52.7 Å². The van der Waals surface area contributed by atoms with Crippen LogP contribution in [0.25, 0.3) is 0 Å². The first kappa shape index (κ1) is 22.1. The maximum atomic E-state index is 12.3. The monoisotopic (exact) mass is 482 g/mol. The first-order chi connectivity index (χ1) is 11.5. The zero-order valence-corrected chi connectivity index (χ0v) is 17.9. The van der Waals surface area contributed by atoms with E-state index in [0.717, 1.165) is 5.56 Å². The molecule has 1 aromatic carbocycles. The van der Waals surface area contributed by atoms with Crippen LogP contribution in [0.1, 0.15) is 5.56 Å². The van der Waals surface area contributed by atoms with Crippen LogP contribution in [-0.4, -0.2) is 76.3 Å². The van der Waals surface area contributed by atoms with E-state index < -0.39 is 10.0 Å². The van der Waals surface area contributed by atoms with Gasteiger partial charge in [-0.3, -0.25) is 0 Å². The van der Waals surface area contributed by atoms with E-state index in [2.05, 4.69) is 10.3 Å². The summed E-state index contributed by atoms with van der Waals surface area (Å²) in [5.74, 6) is 0.724. The quantitative estimate of drug-likeness (QED) is 0.372. The fourth-order valence-corrected chi connectivity index (χ4v) is 3.67. The summed E-state index contributed by atoms with van der Waals surface area (Å²) in [6.07, 6.45) is 0. The smallest absolute Gasteiger partial charge is 0.215 e. The first-order valence-electron chi connectivity index (χ1n) is 8.04. The van der Waals surface area contributed by atoms with Crippen molar-refractivity contribution in [1.82, 2.24) is 14.5 Å². The molecule has 0 saturated carbocycles. The number of guanidine groups is 1. The van der Waals surface area contributed by atoms with Crippen LogP contribution in [0.3, 0.4) is 0 Å². The van der Waals surface area contributed by atoms with Gasteiger partial charge < -0.3 is 15.0 Å². The van der Waals surface area contributed by atoms with Crippen molar-refractivity contribution < 1.29 is 13.2 Å². The first-order valence-corrected chi connectivity index (χ1v) is 9.65. The summed E-state index contributed by atoms with van der Waals surface area (Å²) in [6, 6.07) is 9.94. The summed E-state index contributed by atoms with van der Waals surface area (Å²) in [5.41, 5.74) is 1.11. The fourth-order valence-electron chi connectivity index (χ4n) is 2.35. The molecule has 0 radical (unpaired) electrons. The molecular formula is C16H27IN4O3S. The molecule has 1 aliphatic heterocycles. The third-order valence-corrected chi connectivity index (χ3v) is 5.56. The minimum Gasteiger partial charge on any atom is -0.379 e. The summed E-state index contributed by atoms with van der Waals surface area (Å²) < 4.78 is 31.3. The lowest BCUT2D eigenvalue weighted by molar-refractivity contribution is 0.0730. The molecule has 1 saturated heterocycles. The van der Waals surface area contributed by atoms with Gasteiger partial charge in [0.25, 0.3) is 0 Å². The number of morpholine rings is 1. The second-order valence-electron chi connectivity index (χ2n) is 5.77. The number of hydrogen-bond donors (Lipinski definition) is 1. The van der Waals surface area contributed by atoms with E-state index in [1.807, 2.05) is 49.3 Å². The number of halogens is 1. The number of hydrogen-bond acceptors (Lipinski definition) is 4. The highest BCUT2D eigenvalue weighted by atomic mass is 127. The molecule has 1 aliphatic rings. The summed E-state index contributed by atoms with van der Waals surface area (Å²) in [6.45, 7) is 2.68. The SMILES string of the molecule is CN(C)C(=NCc1ccccc1)NCCS(=O)(=O)N1CCOCC1.I. The molecule has 7 nitrogen and oxygen atoms in total. The van der Waals surface area contributed by atoms with Crippen molar-refractivity contribution in [2.24, 2.45) is 4.99 Å². The maximum Gasteiger partial charge on any atom is 0.215 e. The number of nitrogens with one attached hydrogen (secondary N) is 1. The second kappa shape index (κ2) is 10.9. The van der Waals surface area contributed by atoms with Crippen LogP contribution in [0, 0.1) is 0 Å². The van der Waals surface area contributed by atoms with E-state index in [0.29, 0.717) is 45.4 Å². The highest BCUT2D eigenvalue weighted by molar-refractivity contribution is 14.0. The van der Waals surface area contributed by atoms with E-state index in [-0.39, 0.29) is 29.7 Å². The van der Waals surface area contributed by atoms with Crippen molar-refractivity contribution in [2.45, 2.75) is 6.54 Å². The molecule has 0 unspecified atom stereocenters. The Morgan fingerprint density at radius 3 is 2.48 bits per heavy atom. The Morgan fingerprint density at radius 1 is 1.24 bits per heavy atom. The Kier molecular flexibility index (Phi) is 9.69. The predicted molar refractivity (Wildman–Crippen MR) is 111 cm³/mol. The molecular weight excluding hydrogens is 455 g/mol. The van der Waals surface area contributed by atoms with E-state index >= 15 is 0 Å². The number of rotatable bonds is 6. The lowest BCUT2D eigenvalue weighted by Gasteiger charge is -2.26.